The van der Waals surface area contributed by atoms with Crippen molar-refractivity contribution >= 4 is 5.91 Å². The molecule has 1 aromatic heterocycles. The van der Waals surface area contributed by atoms with Crippen LogP contribution in [0.2, 0.25) is 0 Å². The third kappa shape index (κ3) is 2.75. The van der Waals surface area contributed by atoms with Crippen LogP contribution < -0.4 is 5.48 Å². The van der Waals surface area contributed by atoms with Crippen molar-refractivity contribution in [2.75, 3.05) is 0 Å². The maximum absolute atomic E-state index is 11.4. The summed E-state index contributed by atoms with van der Waals surface area (Å²) in [5.74, 6) is -0.520. The zero-order chi connectivity index (χ0) is 15.4. The van der Waals surface area contributed by atoms with Gasteiger partial charge in [-0.15, -0.1) is 0 Å². The van der Waals surface area contributed by atoms with Gasteiger partial charge in [-0.05, 0) is 11.1 Å². The molecule has 2 aromatic carbocycles. The maximum Gasteiger partial charge on any atom is 0.296 e. The minimum Gasteiger partial charge on any atom is -0.447 e. The van der Waals surface area contributed by atoms with Gasteiger partial charge in [-0.1, -0.05) is 60.7 Å². The van der Waals surface area contributed by atoms with Gasteiger partial charge >= 0.3 is 0 Å². The number of amides is 1. The Balaban J connectivity index is 2.06. The molecular formula is C17H14N2O3. The predicted molar refractivity (Wildman–Crippen MR) is 79.6 cm³/mol. The average Bonchev–Trinajstić information content (AvgIpc) is 3.06. The standard InChI is InChI=1S/C17H14N2O3/c20-16(19-21)14-11-22-17(18-14)15(12-7-3-1-4-8-12)13-9-5-2-6-10-13/h1-11,15,21H,(H,19,20). The fourth-order valence-electron chi connectivity index (χ4n) is 2.35. The lowest BCUT2D eigenvalue weighted by Gasteiger charge is -2.14. The number of nitrogens with one attached hydrogen (secondary N) is 1. The minimum absolute atomic E-state index is 0.0364. The van der Waals surface area contributed by atoms with Crippen LogP contribution in [0.5, 0.6) is 0 Å². The van der Waals surface area contributed by atoms with Gasteiger partial charge < -0.3 is 4.42 Å². The number of hydrogen-bond donors (Lipinski definition) is 2. The quantitative estimate of drug-likeness (QED) is 0.573. The molecule has 22 heavy (non-hydrogen) atoms. The lowest BCUT2D eigenvalue weighted by molar-refractivity contribution is 0.0700. The second-order valence-corrected chi connectivity index (χ2v) is 4.77. The number of hydroxylamine groups is 1. The van der Waals surface area contributed by atoms with E-state index in [-0.39, 0.29) is 11.6 Å². The number of rotatable bonds is 4. The van der Waals surface area contributed by atoms with Crippen molar-refractivity contribution in [2.45, 2.75) is 5.92 Å². The zero-order valence-electron chi connectivity index (χ0n) is 11.6. The Labute approximate surface area is 127 Å². The topological polar surface area (TPSA) is 75.4 Å². The van der Waals surface area contributed by atoms with Crippen molar-refractivity contribution in [1.29, 1.82) is 0 Å². The van der Waals surface area contributed by atoms with Crippen LogP contribution in [0.25, 0.3) is 0 Å². The average molecular weight is 294 g/mol. The first kappa shape index (κ1) is 14.0. The molecule has 1 heterocycles. The number of benzene rings is 2. The molecule has 1 amide bonds. The predicted octanol–water partition coefficient (Wildman–Crippen LogP) is 2.97. The molecule has 0 unspecified atom stereocenters. The number of nitrogens with zero attached hydrogens (tertiary/aromatic N) is 1. The fourth-order valence-corrected chi connectivity index (χ4v) is 2.35. The molecule has 0 radical (unpaired) electrons. The number of carbonyl (C=O) groups excluding carboxylic acids is 1. The number of carbonyl (C=O) groups is 1. The van der Waals surface area contributed by atoms with E-state index in [1.54, 1.807) is 5.48 Å². The SMILES string of the molecule is O=C(NO)c1coc(C(c2ccccc2)c2ccccc2)n1. The molecule has 0 fully saturated rings. The van der Waals surface area contributed by atoms with Gasteiger partial charge in [-0.3, -0.25) is 10.0 Å². The normalized spacial score (nSPS) is 10.6. The number of oxazole rings is 1. The minimum atomic E-state index is -0.699. The summed E-state index contributed by atoms with van der Waals surface area (Å²) in [5, 5.41) is 8.69. The summed E-state index contributed by atoms with van der Waals surface area (Å²) in [4.78, 5) is 15.6. The number of hydrogen-bond acceptors (Lipinski definition) is 4. The van der Waals surface area contributed by atoms with E-state index in [2.05, 4.69) is 4.98 Å². The monoisotopic (exact) mass is 294 g/mol. The molecule has 0 bridgehead atoms. The molecule has 0 spiro atoms. The Kier molecular flexibility index (Phi) is 3.98. The summed E-state index contributed by atoms with van der Waals surface area (Å²) >= 11 is 0. The van der Waals surface area contributed by atoms with E-state index in [1.165, 1.54) is 6.26 Å². The Morgan fingerprint density at radius 1 is 1.00 bits per heavy atom. The lowest BCUT2D eigenvalue weighted by Crippen LogP contribution is -2.19. The maximum atomic E-state index is 11.4. The van der Waals surface area contributed by atoms with Crippen LogP contribution in [-0.2, 0) is 0 Å². The van der Waals surface area contributed by atoms with Gasteiger partial charge in [0.05, 0.1) is 5.92 Å². The highest BCUT2D eigenvalue weighted by atomic mass is 16.5. The van der Waals surface area contributed by atoms with Crippen LogP contribution >= 0.6 is 0 Å². The summed E-state index contributed by atoms with van der Waals surface area (Å²) in [6.45, 7) is 0. The van der Waals surface area contributed by atoms with E-state index < -0.39 is 5.91 Å². The third-order valence-electron chi connectivity index (χ3n) is 3.37. The largest absolute Gasteiger partial charge is 0.447 e. The molecule has 5 heteroatoms. The van der Waals surface area contributed by atoms with E-state index in [1.807, 2.05) is 60.7 Å². The summed E-state index contributed by atoms with van der Waals surface area (Å²) in [5.41, 5.74) is 3.60. The van der Waals surface area contributed by atoms with Gasteiger partial charge in [0.25, 0.3) is 5.91 Å². The summed E-state index contributed by atoms with van der Waals surface area (Å²) < 4.78 is 5.48. The zero-order valence-corrected chi connectivity index (χ0v) is 11.6. The molecule has 0 aliphatic carbocycles. The van der Waals surface area contributed by atoms with Crippen molar-refractivity contribution in [3.63, 3.8) is 0 Å². The first-order valence-electron chi connectivity index (χ1n) is 6.79. The third-order valence-corrected chi connectivity index (χ3v) is 3.37. The second-order valence-electron chi connectivity index (χ2n) is 4.77. The van der Waals surface area contributed by atoms with Crippen molar-refractivity contribution in [3.8, 4) is 0 Å². The van der Waals surface area contributed by atoms with Gasteiger partial charge in [0, 0.05) is 0 Å². The molecule has 0 atom stereocenters. The van der Waals surface area contributed by atoms with Gasteiger partial charge in [0.15, 0.2) is 5.69 Å². The molecule has 0 saturated carbocycles. The highest BCUT2D eigenvalue weighted by Crippen LogP contribution is 2.31. The molecule has 0 aliphatic heterocycles. The van der Waals surface area contributed by atoms with E-state index in [9.17, 15) is 4.79 Å². The molecule has 3 rings (SSSR count). The Morgan fingerprint density at radius 2 is 1.55 bits per heavy atom. The first-order valence-corrected chi connectivity index (χ1v) is 6.79. The highest BCUT2D eigenvalue weighted by molar-refractivity contribution is 5.90. The Hall–Kier alpha value is -2.92. The summed E-state index contributed by atoms with van der Waals surface area (Å²) in [6, 6.07) is 19.6. The molecule has 0 aliphatic rings. The van der Waals surface area contributed by atoms with Gasteiger partial charge in [0.2, 0.25) is 5.89 Å². The van der Waals surface area contributed by atoms with Crippen LogP contribution in [0, 0.1) is 0 Å². The molecule has 3 aromatic rings. The van der Waals surface area contributed by atoms with Gasteiger partial charge in [-0.25, -0.2) is 10.5 Å². The Bertz CT molecular complexity index is 714. The fraction of sp³-hybridized carbons (Fsp3) is 0.0588. The van der Waals surface area contributed by atoms with Crippen molar-refractivity contribution in [1.82, 2.24) is 10.5 Å². The molecule has 0 saturated heterocycles. The van der Waals surface area contributed by atoms with Crippen LogP contribution in [0.1, 0.15) is 33.4 Å². The van der Waals surface area contributed by atoms with Crippen LogP contribution in [0.4, 0.5) is 0 Å². The van der Waals surface area contributed by atoms with E-state index >= 15 is 0 Å². The molecule has 5 nitrogen and oxygen atoms in total. The van der Waals surface area contributed by atoms with Gasteiger partial charge in [-0.2, -0.15) is 0 Å². The number of aromatic nitrogens is 1. The summed E-state index contributed by atoms with van der Waals surface area (Å²) in [7, 11) is 0. The van der Waals surface area contributed by atoms with Crippen molar-refractivity contribution < 1.29 is 14.4 Å². The second kappa shape index (κ2) is 6.24. The molecule has 110 valence electrons. The Morgan fingerprint density at radius 3 is 2.05 bits per heavy atom. The van der Waals surface area contributed by atoms with Crippen molar-refractivity contribution in [2.24, 2.45) is 0 Å². The van der Waals surface area contributed by atoms with Gasteiger partial charge in [0.1, 0.15) is 6.26 Å². The molecule has 2 N–H and O–H groups in total. The highest BCUT2D eigenvalue weighted by Gasteiger charge is 2.23. The van der Waals surface area contributed by atoms with Crippen LogP contribution in [-0.4, -0.2) is 16.1 Å². The van der Waals surface area contributed by atoms with Crippen LogP contribution in [0.15, 0.2) is 71.3 Å². The van der Waals surface area contributed by atoms with Crippen molar-refractivity contribution in [3.05, 3.63) is 89.6 Å². The van der Waals surface area contributed by atoms with Crippen LogP contribution in [0.3, 0.4) is 0 Å². The first-order chi connectivity index (χ1) is 10.8. The summed E-state index contributed by atoms with van der Waals surface area (Å²) in [6.07, 6.45) is 1.24. The van der Waals surface area contributed by atoms with E-state index in [4.69, 9.17) is 9.62 Å². The smallest absolute Gasteiger partial charge is 0.296 e. The van der Waals surface area contributed by atoms with E-state index in [0.717, 1.165) is 11.1 Å². The lowest BCUT2D eigenvalue weighted by atomic mass is 9.91. The molecular weight excluding hydrogens is 280 g/mol. The van der Waals surface area contributed by atoms with E-state index in [0.29, 0.717) is 5.89 Å².